The maximum absolute atomic E-state index is 13.2. The first-order chi connectivity index (χ1) is 16.9. The van der Waals surface area contributed by atoms with Crippen LogP contribution in [0.3, 0.4) is 0 Å². The van der Waals surface area contributed by atoms with E-state index in [-0.39, 0.29) is 36.3 Å². The van der Waals surface area contributed by atoms with Crippen molar-refractivity contribution in [1.82, 2.24) is 19.7 Å². The van der Waals surface area contributed by atoms with Crippen LogP contribution in [0, 0.1) is 5.92 Å². The molecule has 0 spiro atoms. The Morgan fingerprint density at radius 3 is 2.74 bits per heavy atom. The van der Waals surface area contributed by atoms with Crippen molar-refractivity contribution in [2.24, 2.45) is 5.92 Å². The fourth-order valence-corrected chi connectivity index (χ4v) is 4.74. The van der Waals surface area contributed by atoms with Gasteiger partial charge in [-0.1, -0.05) is 24.6 Å². The van der Waals surface area contributed by atoms with Crippen molar-refractivity contribution in [2.75, 3.05) is 16.8 Å². The lowest BCUT2D eigenvalue weighted by molar-refractivity contribution is -0.122. The number of benzene rings is 1. The van der Waals surface area contributed by atoms with Gasteiger partial charge in [0.1, 0.15) is 11.5 Å². The molecule has 1 aromatic carbocycles. The van der Waals surface area contributed by atoms with E-state index in [9.17, 15) is 14.4 Å². The molecule has 178 valence electrons. The summed E-state index contributed by atoms with van der Waals surface area (Å²) in [5.74, 6) is -0.449. The maximum Gasteiger partial charge on any atom is 0.252 e. The summed E-state index contributed by atoms with van der Waals surface area (Å²) in [7, 11) is 0. The number of nitrogens with zero attached hydrogens (tertiary/aromatic N) is 4. The summed E-state index contributed by atoms with van der Waals surface area (Å²) >= 11 is 7.46. The molecule has 4 heterocycles. The van der Waals surface area contributed by atoms with Crippen LogP contribution in [-0.2, 0) is 16.0 Å². The zero-order chi connectivity index (χ0) is 24.5. The molecule has 0 aliphatic carbocycles. The van der Waals surface area contributed by atoms with E-state index in [0.717, 1.165) is 4.88 Å². The Balaban J connectivity index is 1.44. The molecule has 5 rings (SSSR count). The lowest BCUT2D eigenvalue weighted by Gasteiger charge is -2.17. The smallest absolute Gasteiger partial charge is 0.252 e. The van der Waals surface area contributed by atoms with Crippen LogP contribution in [0.1, 0.15) is 19.0 Å². The average Bonchev–Trinajstić information content (AvgIpc) is 3.59. The maximum atomic E-state index is 13.2. The molecule has 1 aliphatic heterocycles. The molecule has 1 saturated heterocycles. The van der Waals surface area contributed by atoms with Gasteiger partial charge in [-0.25, -0.2) is 4.98 Å². The van der Waals surface area contributed by atoms with Crippen molar-refractivity contribution in [3.05, 3.63) is 75.0 Å². The highest BCUT2D eigenvalue weighted by molar-refractivity contribution is 7.13. The number of aryl methyl sites for hydroxylation is 1. The number of nitrogens with one attached hydrogen (secondary N) is 2. The lowest BCUT2D eigenvalue weighted by atomic mass is 10.1. The summed E-state index contributed by atoms with van der Waals surface area (Å²) in [4.78, 5) is 47.7. The first-order valence-corrected chi connectivity index (χ1v) is 12.3. The summed E-state index contributed by atoms with van der Waals surface area (Å²) in [5, 5.41) is 9.99. The third kappa shape index (κ3) is 4.75. The second kappa shape index (κ2) is 9.47. The highest BCUT2D eigenvalue weighted by Gasteiger charge is 2.35. The molecule has 1 unspecified atom stereocenters. The van der Waals surface area contributed by atoms with Crippen LogP contribution in [0.2, 0.25) is 5.02 Å². The summed E-state index contributed by atoms with van der Waals surface area (Å²) in [6.07, 6.45) is 0.656. The molecule has 0 radical (unpaired) electrons. The van der Waals surface area contributed by atoms with Crippen LogP contribution >= 0.6 is 22.9 Å². The van der Waals surface area contributed by atoms with Gasteiger partial charge < -0.3 is 10.2 Å². The molecular formula is C24H21ClN6O3S. The van der Waals surface area contributed by atoms with Crippen molar-refractivity contribution in [1.29, 1.82) is 0 Å². The third-order valence-corrected chi connectivity index (χ3v) is 6.86. The number of aromatic amines is 1. The van der Waals surface area contributed by atoms with E-state index < -0.39 is 5.92 Å². The van der Waals surface area contributed by atoms with Crippen molar-refractivity contribution >= 4 is 46.3 Å². The van der Waals surface area contributed by atoms with Gasteiger partial charge in [-0.3, -0.25) is 19.4 Å². The quantitative estimate of drug-likeness (QED) is 0.410. The number of carbonyl (C=O) groups excluding carboxylic acids is 2. The minimum absolute atomic E-state index is 0.0841. The standard InChI is InChI=1S/C24H21ClN6O3S/c1-2-16-11-21(32)28-24(26-16)31-20(12-18(29-31)19-4-3-9-35-19)27-23(34)14-10-22(33)30(13-14)17-7-5-15(25)6-8-17/h3-9,11-12,14H,2,10,13H2,1H3,(H,27,34)(H,26,28,32). The fourth-order valence-electron chi connectivity index (χ4n) is 3.93. The number of hydrogen-bond acceptors (Lipinski definition) is 6. The van der Waals surface area contributed by atoms with Crippen LogP contribution in [0.25, 0.3) is 16.5 Å². The van der Waals surface area contributed by atoms with Gasteiger partial charge in [0.15, 0.2) is 0 Å². The van der Waals surface area contributed by atoms with Gasteiger partial charge in [0.2, 0.25) is 17.8 Å². The number of anilines is 2. The molecule has 2 N–H and O–H groups in total. The summed E-state index contributed by atoms with van der Waals surface area (Å²) < 4.78 is 1.42. The predicted molar refractivity (Wildman–Crippen MR) is 135 cm³/mol. The van der Waals surface area contributed by atoms with Gasteiger partial charge in [0, 0.05) is 41.5 Å². The number of rotatable bonds is 6. The first-order valence-electron chi connectivity index (χ1n) is 11.0. The number of halogens is 1. The second-order valence-corrected chi connectivity index (χ2v) is 9.47. The van der Waals surface area contributed by atoms with E-state index in [1.54, 1.807) is 35.2 Å². The van der Waals surface area contributed by atoms with Gasteiger partial charge >= 0.3 is 0 Å². The Labute approximate surface area is 209 Å². The number of amides is 2. The molecule has 35 heavy (non-hydrogen) atoms. The molecule has 9 nitrogen and oxygen atoms in total. The van der Waals surface area contributed by atoms with Crippen molar-refractivity contribution in [3.63, 3.8) is 0 Å². The summed E-state index contributed by atoms with van der Waals surface area (Å²) in [6.45, 7) is 2.15. The third-order valence-electron chi connectivity index (χ3n) is 5.71. The van der Waals surface area contributed by atoms with Crippen molar-refractivity contribution in [3.8, 4) is 16.5 Å². The predicted octanol–water partition coefficient (Wildman–Crippen LogP) is 3.89. The summed E-state index contributed by atoms with van der Waals surface area (Å²) in [5.41, 5.74) is 1.62. The molecule has 2 amide bonds. The van der Waals surface area contributed by atoms with Crippen LogP contribution in [0.5, 0.6) is 0 Å². The van der Waals surface area contributed by atoms with Gasteiger partial charge in [0.05, 0.1) is 10.8 Å². The highest BCUT2D eigenvalue weighted by atomic mass is 35.5. The Bertz CT molecular complexity index is 1440. The number of thiophene rings is 1. The molecule has 1 fully saturated rings. The van der Waals surface area contributed by atoms with Gasteiger partial charge in [-0.2, -0.15) is 9.78 Å². The number of hydrogen-bond donors (Lipinski definition) is 2. The molecule has 1 atom stereocenters. The largest absolute Gasteiger partial charge is 0.312 e. The molecular weight excluding hydrogens is 488 g/mol. The SMILES string of the molecule is CCc1cc(=O)[nH]c(-n2nc(-c3cccs3)cc2NC(=O)C2CC(=O)N(c3ccc(Cl)cc3)C2)n1. The normalized spacial score (nSPS) is 15.5. The number of H-pyrrole nitrogens is 1. The molecule has 4 aromatic rings. The topological polar surface area (TPSA) is 113 Å². The Hall–Kier alpha value is -3.76. The molecule has 0 saturated carbocycles. The lowest BCUT2D eigenvalue weighted by Crippen LogP contribution is -2.28. The van der Waals surface area contributed by atoms with E-state index in [2.05, 4.69) is 20.4 Å². The van der Waals surface area contributed by atoms with Crippen molar-refractivity contribution < 1.29 is 9.59 Å². The van der Waals surface area contributed by atoms with Crippen molar-refractivity contribution in [2.45, 2.75) is 19.8 Å². The minimum Gasteiger partial charge on any atom is -0.312 e. The van der Waals surface area contributed by atoms with Gasteiger partial charge in [-0.15, -0.1) is 11.3 Å². The second-order valence-electron chi connectivity index (χ2n) is 8.09. The van der Waals surface area contributed by atoms with E-state index in [0.29, 0.717) is 34.3 Å². The Morgan fingerprint density at radius 1 is 1.23 bits per heavy atom. The minimum atomic E-state index is -0.555. The fraction of sp³-hybridized carbons (Fsp3) is 0.208. The first kappa shape index (κ1) is 23.0. The molecule has 0 bridgehead atoms. The van der Waals surface area contributed by atoms with Crippen LogP contribution in [0.4, 0.5) is 11.5 Å². The van der Waals surface area contributed by atoms with E-state index in [4.69, 9.17) is 11.6 Å². The molecule has 1 aliphatic rings. The Morgan fingerprint density at radius 2 is 2.03 bits per heavy atom. The van der Waals surface area contributed by atoms with Gasteiger partial charge in [-0.05, 0) is 42.1 Å². The van der Waals surface area contributed by atoms with Gasteiger partial charge in [0.25, 0.3) is 5.56 Å². The Kier molecular flexibility index (Phi) is 6.23. The van der Waals surface area contributed by atoms with E-state index >= 15 is 0 Å². The van der Waals surface area contributed by atoms with Crippen LogP contribution in [-0.4, -0.2) is 38.1 Å². The molecule has 3 aromatic heterocycles. The highest BCUT2D eigenvalue weighted by Crippen LogP contribution is 2.30. The van der Waals surface area contributed by atoms with E-state index in [1.165, 1.54) is 22.1 Å². The zero-order valence-electron chi connectivity index (χ0n) is 18.7. The zero-order valence-corrected chi connectivity index (χ0v) is 20.3. The molecule has 11 heteroatoms. The number of carbonyl (C=O) groups is 2. The van der Waals surface area contributed by atoms with Crippen LogP contribution < -0.4 is 15.8 Å². The monoisotopic (exact) mass is 508 g/mol. The van der Waals surface area contributed by atoms with E-state index in [1.807, 2.05) is 24.4 Å². The number of aromatic nitrogens is 4. The summed E-state index contributed by atoms with van der Waals surface area (Å²) in [6, 6.07) is 13.9. The average molecular weight is 509 g/mol. The van der Waals surface area contributed by atoms with Crippen LogP contribution in [0.15, 0.2) is 58.7 Å².